The molecule has 0 radical (unpaired) electrons. The molecule has 5 nitrogen and oxygen atoms in total. The smallest absolute Gasteiger partial charge is 0.191 e. The van der Waals surface area contributed by atoms with Crippen LogP contribution in [0, 0.1) is 0 Å². The van der Waals surface area contributed by atoms with Gasteiger partial charge in [-0.15, -0.1) is 24.0 Å². The molecule has 1 rings (SSSR count). The first-order valence-electron chi connectivity index (χ1n) is 7.88. The van der Waals surface area contributed by atoms with Gasteiger partial charge in [0.2, 0.25) is 0 Å². The lowest BCUT2D eigenvalue weighted by molar-refractivity contribution is 0.255. The third kappa shape index (κ3) is 8.41. The number of nitrogens with one attached hydrogen (secondary N) is 2. The maximum atomic E-state index is 5.23. The molecule has 6 heteroatoms. The van der Waals surface area contributed by atoms with E-state index in [0.717, 1.165) is 31.3 Å². The molecule has 1 atom stereocenters. The summed E-state index contributed by atoms with van der Waals surface area (Å²) in [6.45, 7) is 7.05. The second-order valence-corrected chi connectivity index (χ2v) is 5.44. The average Bonchev–Trinajstić information content (AvgIpc) is 2.56. The van der Waals surface area contributed by atoms with Crippen molar-refractivity contribution in [3.8, 4) is 5.75 Å². The van der Waals surface area contributed by atoms with Crippen molar-refractivity contribution < 1.29 is 4.74 Å². The van der Waals surface area contributed by atoms with Gasteiger partial charge in [0.05, 0.1) is 7.11 Å². The number of ether oxygens (including phenoxy) is 1. The zero-order valence-corrected chi connectivity index (χ0v) is 17.3. The van der Waals surface area contributed by atoms with E-state index >= 15 is 0 Å². The molecule has 0 aliphatic heterocycles. The highest BCUT2D eigenvalue weighted by Crippen LogP contribution is 2.11. The molecule has 1 aromatic rings. The summed E-state index contributed by atoms with van der Waals surface area (Å²) in [5, 5.41) is 6.66. The van der Waals surface area contributed by atoms with Crippen LogP contribution in [0.2, 0.25) is 0 Å². The highest BCUT2D eigenvalue weighted by atomic mass is 127. The molecule has 0 amide bonds. The van der Waals surface area contributed by atoms with Gasteiger partial charge in [0.1, 0.15) is 5.75 Å². The normalized spacial score (nSPS) is 12.5. The molecule has 1 aromatic carbocycles. The van der Waals surface area contributed by atoms with Gasteiger partial charge in [-0.25, -0.2) is 0 Å². The first-order valence-corrected chi connectivity index (χ1v) is 7.88. The van der Waals surface area contributed by atoms with Gasteiger partial charge in [-0.3, -0.25) is 4.99 Å². The summed E-state index contributed by atoms with van der Waals surface area (Å²) < 4.78 is 5.23. The summed E-state index contributed by atoms with van der Waals surface area (Å²) in [5.74, 6) is 1.69. The maximum absolute atomic E-state index is 5.23. The van der Waals surface area contributed by atoms with Crippen molar-refractivity contribution in [3.05, 3.63) is 29.8 Å². The first kappa shape index (κ1) is 22.0. The van der Waals surface area contributed by atoms with Gasteiger partial charge in [0.25, 0.3) is 0 Å². The van der Waals surface area contributed by atoms with E-state index in [0.29, 0.717) is 6.04 Å². The first-order chi connectivity index (χ1) is 10.6. The zero-order valence-electron chi connectivity index (χ0n) is 14.9. The van der Waals surface area contributed by atoms with Crippen molar-refractivity contribution in [1.29, 1.82) is 0 Å². The molecule has 0 heterocycles. The number of likely N-dealkylation sites (N-methyl/N-ethyl adjacent to an activating group) is 1. The topological polar surface area (TPSA) is 48.9 Å². The standard InChI is InChI=1S/C17H30N4O.HI/c1-6-14(2)21(4)11-10-19-17(18-3)20-13-15-8-7-9-16(12-15)22-5;/h7-9,12,14H,6,10-11,13H2,1-5H3,(H2,18,19,20);1H. The Morgan fingerprint density at radius 1 is 1.35 bits per heavy atom. The molecule has 0 aliphatic carbocycles. The molecule has 2 N–H and O–H groups in total. The minimum absolute atomic E-state index is 0. The Hall–Kier alpha value is -1.02. The number of hydrogen-bond donors (Lipinski definition) is 2. The molecule has 23 heavy (non-hydrogen) atoms. The Bertz CT molecular complexity index is 468. The summed E-state index contributed by atoms with van der Waals surface area (Å²) in [6, 6.07) is 8.64. The summed E-state index contributed by atoms with van der Waals surface area (Å²) in [4.78, 5) is 6.60. The molecule has 0 saturated heterocycles. The molecule has 0 aromatic heterocycles. The number of methoxy groups -OCH3 is 1. The minimum Gasteiger partial charge on any atom is -0.497 e. The van der Waals surface area contributed by atoms with Crippen LogP contribution >= 0.6 is 24.0 Å². The number of benzene rings is 1. The molecule has 132 valence electrons. The molecule has 0 fully saturated rings. The van der Waals surface area contributed by atoms with Gasteiger partial charge in [-0.1, -0.05) is 19.1 Å². The van der Waals surface area contributed by atoms with E-state index in [9.17, 15) is 0 Å². The Morgan fingerprint density at radius 2 is 2.09 bits per heavy atom. The SMILES string of the molecule is CCC(C)N(C)CCNC(=NC)NCc1cccc(OC)c1.I. The van der Waals surface area contributed by atoms with Crippen molar-refractivity contribution in [2.45, 2.75) is 32.9 Å². The van der Waals surface area contributed by atoms with Gasteiger partial charge in [-0.2, -0.15) is 0 Å². The highest BCUT2D eigenvalue weighted by molar-refractivity contribution is 14.0. The number of aliphatic imine (C=N–C) groups is 1. The predicted molar refractivity (Wildman–Crippen MR) is 109 cm³/mol. The molecular formula is C17H31IN4O. The van der Waals surface area contributed by atoms with Gasteiger partial charge < -0.3 is 20.3 Å². The fraction of sp³-hybridized carbons (Fsp3) is 0.588. The van der Waals surface area contributed by atoms with Crippen LogP contribution in [0.25, 0.3) is 0 Å². The van der Waals surface area contributed by atoms with Crippen molar-refractivity contribution in [2.24, 2.45) is 4.99 Å². The van der Waals surface area contributed by atoms with Crippen molar-refractivity contribution in [2.75, 3.05) is 34.3 Å². The second-order valence-electron chi connectivity index (χ2n) is 5.44. The summed E-state index contributed by atoms with van der Waals surface area (Å²) in [6.07, 6.45) is 1.17. The highest BCUT2D eigenvalue weighted by Gasteiger charge is 2.06. The van der Waals surface area contributed by atoms with E-state index in [2.05, 4.69) is 47.5 Å². The fourth-order valence-corrected chi connectivity index (χ4v) is 2.07. The van der Waals surface area contributed by atoms with Crippen LogP contribution in [0.1, 0.15) is 25.8 Å². The van der Waals surface area contributed by atoms with E-state index in [1.807, 2.05) is 18.2 Å². The Morgan fingerprint density at radius 3 is 2.70 bits per heavy atom. The van der Waals surface area contributed by atoms with Crippen LogP contribution < -0.4 is 15.4 Å². The van der Waals surface area contributed by atoms with E-state index < -0.39 is 0 Å². The van der Waals surface area contributed by atoms with Gasteiger partial charge in [-0.05, 0) is 38.1 Å². The van der Waals surface area contributed by atoms with Crippen molar-refractivity contribution >= 4 is 29.9 Å². The van der Waals surface area contributed by atoms with Gasteiger partial charge in [0, 0.05) is 32.7 Å². The molecule has 1 unspecified atom stereocenters. The third-order valence-electron chi connectivity index (χ3n) is 3.92. The fourth-order valence-electron chi connectivity index (χ4n) is 2.07. The lowest BCUT2D eigenvalue weighted by Crippen LogP contribution is -2.42. The van der Waals surface area contributed by atoms with E-state index in [1.54, 1.807) is 14.2 Å². The largest absolute Gasteiger partial charge is 0.497 e. The maximum Gasteiger partial charge on any atom is 0.191 e. The molecule has 0 bridgehead atoms. The van der Waals surface area contributed by atoms with Crippen LogP contribution in [0.15, 0.2) is 29.3 Å². The Balaban J connectivity index is 0.00000484. The summed E-state index contributed by atoms with van der Waals surface area (Å²) in [7, 11) is 5.63. The van der Waals surface area contributed by atoms with Crippen LogP contribution in [0.4, 0.5) is 0 Å². The second kappa shape index (κ2) is 12.4. The molecule has 0 saturated carbocycles. The van der Waals surface area contributed by atoms with Crippen molar-refractivity contribution in [1.82, 2.24) is 15.5 Å². The Kier molecular flexibility index (Phi) is 11.9. The van der Waals surface area contributed by atoms with Crippen LogP contribution in [0.5, 0.6) is 5.75 Å². The summed E-state index contributed by atoms with van der Waals surface area (Å²) in [5.41, 5.74) is 1.17. The number of nitrogens with zero attached hydrogens (tertiary/aromatic N) is 2. The van der Waals surface area contributed by atoms with Crippen molar-refractivity contribution in [3.63, 3.8) is 0 Å². The monoisotopic (exact) mass is 434 g/mol. The number of halogens is 1. The van der Waals surface area contributed by atoms with Gasteiger partial charge in [0.15, 0.2) is 5.96 Å². The predicted octanol–water partition coefficient (Wildman–Crippen LogP) is 2.71. The average molecular weight is 434 g/mol. The number of hydrogen-bond acceptors (Lipinski definition) is 3. The van der Waals surface area contributed by atoms with E-state index in [4.69, 9.17) is 4.74 Å². The van der Waals surface area contributed by atoms with Gasteiger partial charge >= 0.3 is 0 Å². The van der Waals surface area contributed by atoms with E-state index in [1.165, 1.54) is 12.0 Å². The zero-order chi connectivity index (χ0) is 16.4. The Labute approximate surface area is 157 Å². The number of rotatable bonds is 8. The lowest BCUT2D eigenvalue weighted by Gasteiger charge is -2.24. The quantitative estimate of drug-likeness (QED) is 0.375. The van der Waals surface area contributed by atoms with Crippen LogP contribution in [0.3, 0.4) is 0 Å². The minimum atomic E-state index is 0. The van der Waals surface area contributed by atoms with Crippen LogP contribution in [-0.4, -0.2) is 51.2 Å². The molecule has 0 aliphatic rings. The molecule has 0 spiro atoms. The van der Waals surface area contributed by atoms with E-state index in [-0.39, 0.29) is 24.0 Å². The lowest BCUT2D eigenvalue weighted by atomic mass is 10.2. The third-order valence-corrected chi connectivity index (χ3v) is 3.92. The molecular weight excluding hydrogens is 403 g/mol. The van der Waals surface area contributed by atoms with Crippen LogP contribution in [-0.2, 0) is 6.54 Å². The number of guanidine groups is 1. The summed E-state index contributed by atoms with van der Waals surface area (Å²) >= 11 is 0.